The third-order valence-corrected chi connectivity index (χ3v) is 5.78. The molecule has 0 saturated carbocycles. The largest absolute Gasteiger partial charge is 0.379 e. The summed E-state index contributed by atoms with van der Waals surface area (Å²) >= 11 is 1.72. The van der Waals surface area contributed by atoms with E-state index >= 15 is 0 Å². The Morgan fingerprint density at radius 1 is 1.14 bits per heavy atom. The zero-order valence-corrected chi connectivity index (χ0v) is 16.5. The summed E-state index contributed by atoms with van der Waals surface area (Å²) in [6.45, 7) is 4.96. The Labute approximate surface area is 168 Å². The van der Waals surface area contributed by atoms with E-state index in [0.29, 0.717) is 12.1 Å². The van der Waals surface area contributed by atoms with Crippen LogP contribution in [0.2, 0.25) is 0 Å². The van der Waals surface area contributed by atoms with Crippen LogP contribution in [-0.4, -0.2) is 59.6 Å². The number of thioether (sulfide) groups is 1. The van der Waals surface area contributed by atoms with Gasteiger partial charge in [0.05, 0.1) is 18.9 Å². The minimum Gasteiger partial charge on any atom is -0.379 e. The highest BCUT2D eigenvalue weighted by molar-refractivity contribution is 7.98. The summed E-state index contributed by atoms with van der Waals surface area (Å²) < 4.78 is 7.36. The molecule has 146 valence electrons. The van der Waals surface area contributed by atoms with Crippen molar-refractivity contribution in [2.75, 3.05) is 39.4 Å². The Morgan fingerprint density at radius 3 is 2.75 bits per heavy atom. The maximum absolute atomic E-state index is 12.3. The summed E-state index contributed by atoms with van der Waals surface area (Å²) in [6.07, 6.45) is 4.06. The predicted octanol–water partition coefficient (Wildman–Crippen LogP) is 2.69. The summed E-state index contributed by atoms with van der Waals surface area (Å²) in [5.41, 5.74) is 2.70. The lowest BCUT2D eigenvalue weighted by atomic mass is 10.2. The first-order valence-electron chi connectivity index (χ1n) is 9.52. The Morgan fingerprint density at radius 2 is 1.96 bits per heavy atom. The van der Waals surface area contributed by atoms with E-state index < -0.39 is 0 Å². The lowest BCUT2D eigenvalue weighted by molar-refractivity contribution is 0.0383. The molecular weight excluding hydrogens is 372 g/mol. The van der Waals surface area contributed by atoms with Crippen LogP contribution in [0.3, 0.4) is 0 Å². The number of rotatable bonds is 7. The SMILES string of the molecule is O=C(NCCN1CCOCC1)c1ccc(SCc2cn3ccccc3n2)cc1. The van der Waals surface area contributed by atoms with E-state index in [2.05, 4.69) is 21.4 Å². The van der Waals surface area contributed by atoms with Crippen LogP contribution >= 0.6 is 11.8 Å². The lowest BCUT2D eigenvalue weighted by Crippen LogP contribution is -2.41. The highest BCUT2D eigenvalue weighted by Gasteiger charge is 2.11. The number of imidazole rings is 1. The van der Waals surface area contributed by atoms with Crippen LogP contribution in [0, 0.1) is 0 Å². The molecule has 1 aliphatic rings. The number of fused-ring (bicyclic) bond motifs is 1. The van der Waals surface area contributed by atoms with Crippen molar-refractivity contribution in [1.82, 2.24) is 19.6 Å². The maximum Gasteiger partial charge on any atom is 0.251 e. The van der Waals surface area contributed by atoms with Crippen molar-refractivity contribution in [3.05, 3.63) is 66.1 Å². The van der Waals surface area contributed by atoms with Gasteiger partial charge in [-0.25, -0.2) is 4.98 Å². The molecule has 1 saturated heterocycles. The normalized spacial score (nSPS) is 15.0. The molecule has 1 aliphatic heterocycles. The maximum atomic E-state index is 12.3. The van der Waals surface area contributed by atoms with Gasteiger partial charge in [0.1, 0.15) is 5.65 Å². The molecule has 4 rings (SSSR count). The minimum absolute atomic E-state index is 0.0230. The number of morpholine rings is 1. The Balaban J connectivity index is 1.25. The van der Waals surface area contributed by atoms with Gasteiger partial charge in [0, 0.05) is 54.8 Å². The zero-order valence-electron chi connectivity index (χ0n) is 15.7. The molecule has 0 spiro atoms. The smallest absolute Gasteiger partial charge is 0.251 e. The monoisotopic (exact) mass is 396 g/mol. The molecule has 0 unspecified atom stereocenters. The number of amides is 1. The van der Waals surface area contributed by atoms with Crippen molar-refractivity contribution in [2.45, 2.75) is 10.6 Å². The summed E-state index contributed by atoms with van der Waals surface area (Å²) in [5, 5.41) is 3.00. The van der Waals surface area contributed by atoms with Crippen LogP contribution in [0.5, 0.6) is 0 Å². The summed E-state index contributed by atoms with van der Waals surface area (Å²) in [4.78, 5) is 20.3. The fourth-order valence-corrected chi connectivity index (χ4v) is 3.95. The van der Waals surface area contributed by atoms with E-state index in [1.54, 1.807) is 11.8 Å². The first-order valence-corrected chi connectivity index (χ1v) is 10.5. The van der Waals surface area contributed by atoms with Crippen LogP contribution in [0.15, 0.2) is 59.8 Å². The third kappa shape index (κ3) is 4.92. The number of carbonyl (C=O) groups excluding carboxylic acids is 1. The predicted molar refractivity (Wildman–Crippen MR) is 111 cm³/mol. The van der Waals surface area contributed by atoms with E-state index in [4.69, 9.17) is 4.74 Å². The average Bonchev–Trinajstić information content (AvgIpc) is 3.16. The molecule has 1 aromatic carbocycles. The van der Waals surface area contributed by atoms with Crippen LogP contribution in [-0.2, 0) is 10.5 Å². The summed E-state index contributed by atoms with van der Waals surface area (Å²) in [7, 11) is 0. The number of hydrogen-bond donors (Lipinski definition) is 1. The number of nitrogens with one attached hydrogen (secondary N) is 1. The number of benzene rings is 1. The van der Waals surface area contributed by atoms with Crippen molar-refractivity contribution in [2.24, 2.45) is 0 Å². The number of hydrogen-bond acceptors (Lipinski definition) is 5. The quantitative estimate of drug-likeness (QED) is 0.623. The highest BCUT2D eigenvalue weighted by Crippen LogP contribution is 2.23. The van der Waals surface area contributed by atoms with Crippen molar-refractivity contribution < 1.29 is 9.53 Å². The molecule has 1 fully saturated rings. The van der Waals surface area contributed by atoms with E-state index in [1.807, 2.05) is 53.1 Å². The van der Waals surface area contributed by atoms with Crippen LogP contribution < -0.4 is 5.32 Å². The van der Waals surface area contributed by atoms with Gasteiger partial charge >= 0.3 is 0 Å². The Kier molecular flexibility index (Phi) is 6.26. The molecule has 6 nitrogen and oxygen atoms in total. The van der Waals surface area contributed by atoms with Gasteiger partial charge in [-0.05, 0) is 36.4 Å². The molecule has 0 atom stereocenters. The second-order valence-electron chi connectivity index (χ2n) is 6.72. The topological polar surface area (TPSA) is 58.9 Å². The molecular formula is C21H24N4O2S. The van der Waals surface area contributed by atoms with Gasteiger partial charge in [0.25, 0.3) is 5.91 Å². The van der Waals surface area contributed by atoms with Crippen molar-refractivity contribution in [3.8, 4) is 0 Å². The number of pyridine rings is 1. The fraction of sp³-hybridized carbons (Fsp3) is 0.333. The van der Waals surface area contributed by atoms with Gasteiger partial charge in [0.2, 0.25) is 0 Å². The highest BCUT2D eigenvalue weighted by atomic mass is 32.2. The van der Waals surface area contributed by atoms with Crippen molar-refractivity contribution in [1.29, 1.82) is 0 Å². The summed E-state index contributed by atoms with van der Waals surface area (Å²) in [5.74, 6) is 0.775. The second kappa shape index (κ2) is 9.23. The van der Waals surface area contributed by atoms with E-state index in [-0.39, 0.29) is 5.91 Å². The van der Waals surface area contributed by atoms with Gasteiger partial charge in [-0.15, -0.1) is 11.8 Å². The van der Waals surface area contributed by atoms with Gasteiger partial charge < -0.3 is 14.5 Å². The Bertz CT molecular complexity index is 887. The summed E-state index contributed by atoms with van der Waals surface area (Å²) in [6, 6.07) is 13.8. The second-order valence-corrected chi connectivity index (χ2v) is 7.77. The molecule has 0 radical (unpaired) electrons. The van der Waals surface area contributed by atoms with E-state index in [1.165, 1.54) is 0 Å². The molecule has 2 aromatic heterocycles. The van der Waals surface area contributed by atoms with Gasteiger partial charge in [-0.3, -0.25) is 9.69 Å². The molecule has 0 bridgehead atoms. The molecule has 1 amide bonds. The molecule has 3 aromatic rings. The number of aromatic nitrogens is 2. The number of ether oxygens (including phenoxy) is 1. The molecule has 7 heteroatoms. The minimum atomic E-state index is -0.0230. The van der Waals surface area contributed by atoms with Crippen LogP contribution in [0.4, 0.5) is 0 Å². The molecule has 28 heavy (non-hydrogen) atoms. The molecule has 1 N–H and O–H groups in total. The average molecular weight is 397 g/mol. The van der Waals surface area contributed by atoms with Crippen molar-refractivity contribution >= 4 is 23.3 Å². The van der Waals surface area contributed by atoms with Gasteiger partial charge in [0.15, 0.2) is 0 Å². The van der Waals surface area contributed by atoms with E-state index in [0.717, 1.165) is 54.8 Å². The zero-order chi connectivity index (χ0) is 19.2. The van der Waals surface area contributed by atoms with Crippen LogP contribution in [0.1, 0.15) is 16.1 Å². The fourth-order valence-electron chi connectivity index (χ4n) is 3.17. The lowest BCUT2D eigenvalue weighted by Gasteiger charge is -2.26. The molecule has 3 heterocycles. The Hall–Kier alpha value is -2.35. The molecule has 0 aliphatic carbocycles. The van der Waals surface area contributed by atoms with E-state index in [9.17, 15) is 4.79 Å². The first kappa shape index (κ1) is 19.0. The number of carbonyl (C=O) groups is 1. The van der Waals surface area contributed by atoms with Crippen LogP contribution in [0.25, 0.3) is 5.65 Å². The first-order chi connectivity index (χ1) is 13.8. The van der Waals surface area contributed by atoms with Crippen molar-refractivity contribution in [3.63, 3.8) is 0 Å². The van der Waals surface area contributed by atoms with Gasteiger partial charge in [-0.2, -0.15) is 0 Å². The number of nitrogens with zero attached hydrogens (tertiary/aromatic N) is 3. The third-order valence-electron chi connectivity index (χ3n) is 4.73. The standard InChI is InChI=1S/C21H24N4O2S/c26-21(22-8-10-24-11-13-27-14-12-24)17-4-6-19(7-5-17)28-16-18-15-25-9-2-1-3-20(25)23-18/h1-7,9,15H,8,10-14,16H2,(H,22,26). The van der Waals surface area contributed by atoms with Gasteiger partial charge in [-0.1, -0.05) is 6.07 Å².